The molecule has 4 nitrogen and oxygen atoms in total. The van der Waals surface area contributed by atoms with Gasteiger partial charge >= 0.3 is 5.97 Å². The fraction of sp³-hybridized carbons (Fsp3) is 0.692. The Morgan fingerprint density at radius 1 is 1.06 bits per heavy atom. The van der Waals surface area contributed by atoms with Gasteiger partial charge in [-0.05, 0) is 47.0 Å². The molecule has 0 aromatic carbocycles. The number of carbonyl (C=O) groups is 2. The van der Waals surface area contributed by atoms with Crippen molar-refractivity contribution in [3.8, 4) is 0 Å². The maximum atomic E-state index is 12.3. The number of hydrogen-bond acceptors (Lipinski definition) is 2. The molecule has 0 bridgehead atoms. The molecule has 2 unspecified atom stereocenters. The Morgan fingerprint density at radius 2 is 1.53 bits per heavy atom. The van der Waals surface area contributed by atoms with Crippen LogP contribution < -0.4 is 0 Å². The van der Waals surface area contributed by atoms with E-state index in [1.165, 1.54) is 6.92 Å². The van der Waals surface area contributed by atoms with Crippen LogP contribution in [0.5, 0.6) is 0 Å². The van der Waals surface area contributed by atoms with Crippen molar-refractivity contribution in [2.45, 2.75) is 59.0 Å². The highest BCUT2D eigenvalue weighted by molar-refractivity contribution is 6.01. The van der Waals surface area contributed by atoms with E-state index in [4.69, 9.17) is 5.11 Å². The van der Waals surface area contributed by atoms with Gasteiger partial charge in [0.15, 0.2) is 0 Å². The van der Waals surface area contributed by atoms with E-state index in [2.05, 4.69) is 0 Å². The molecule has 0 saturated carbocycles. The second-order valence-corrected chi connectivity index (χ2v) is 4.90. The van der Waals surface area contributed by atoms with E-state index in [-0.39, 0.29) is 23.6 Å². The van der Waals surface area contributed by atoms with Gasteiger partial charge < -0.3 is 10.0 Å². The summed E-state index contributed by atoms with van der Waals surface area (Å²) in [4.78, 5) is 25.0. The lowest BCUT2D eigenvalue weighted by Gasteiger charge is -2.39. The molecule has 1 rings (SSSR count). The van der Waals surface area contributed by atoms with E-state index in [1.54, 1.807) is 6.92 Å². The third-order valence-corrected chi connectivity index (χ3v) is 3.63. The van der Waals surface area contributed by atoms with Crippen molar-refractivity contribution in [1.29, 1.82) is 0 Å². The average Bonchev–Trinajstić information content (AvgIpc) is 2.26. The molecule has 0 radical (unpaired) electrons. The summed E-state index contributed by atoms with van der Waals surface area (Å²) in [5, 5.41) is 8.90. The van der Waals surface area contributed by atoms with E-state index in [9.17, 15) is 9.59 Å². The maximum Gasteiger partial charge on any atom is 0.331 e. The SMILES string of the molecule is CC(C(=O)O)=C(C)C(=O)N1C(C)CCCC1C. The molecule has 1 saturated heterocycles. The third-order valence-electron chi connectivity index (χ3n) is 3.63. The Hall–Kier alpha value is -1.32. The number of amides is 1. The van der Waals surface area contributed by atoms with Crippen molar-refractivity contribution in [2.75, 3.05) is 0 Å². The summed E-state index contributed by atoms with van der Waals surface area (Å²) in [5.74, 6) is -1.15. The van der Waals surface area contributed by atoms with Gasteiger partial charge in [0.25, 0.3) is 5.91 Å². The van der Waals surface area contributed by atoms with Crippen LogP contribution in [-0.4, -0.2) is 34.0 Å². The highest BCUT2D eigenvalue weighted by Gasteiger charge is 2.30. The van der Waals surface area contributed by atoms with Gasteiger partial charge in [0, 0.05) is 23.2 Å². The molecule has 1 heterocycles. The molecule has 0 aromatic rings. The zero-order valence-electron chi connectivity index (χ0n) is 11.0. The molecular weight excluding hydrogens is 218 g/mol. The standard InChI is InChI=1S/C13H21NO3/c1-8-6-5-7-9(2)14(8)12(15)10(3)11(4)13(16)17/h8-9H,5-7H2,1-4H3,(H,16,17). The number of nitrogens with zero attached hydrogens (tertiary/aromatic N) is 1. The van der Waals surface area contributed by atoms with Gasteiger partial charge in [-0.3, -0.25) is 4.79 Å². The second kappa shape index (κ2) is 5.34. The van der Waals surface area contributed by atoms with Crippen molar-refractivity contribution in [3.05, 3.63) is 11.1 Å². The Labute approximate surface area is 102 Å². The molecule has 1 amide bonds. The van der Waals surface area contributed by atoms with Gasteiger partial charge in [0.05, 0.1) is 0 Å². The van der Waals surface area contributed by atoms with Gasteiger partial charge in [0.1, 0.15) is 0 Å². The predicted molar refractivity (Wildman–Crippen MR) is 65.6 cm³/mol. The number of hydrogen-bond donors (Lipinski definition) is 1. The first kappa shape index (κ1) is 13.7. The smallest absolute Gasteiger partial charge is 0.331 e. The number of piperidine rings is 1. The van der Waals surface area contributed by atoms with Gasteiger partial charge in [-0.15, -0.1) is 0 Å². The van der Waals surface area contributed by atoms with Crippen LogP contribution in [0.4, 0.5) is 0 Å². The van der Waals surface area contributed by atoms with Gasteiger partial charge in [-0.25, -0.2) is 4.79 Å². The Balaban J connectivity index is 2.95. The number of carboxylic acids is 1. The summed E-state index contributed by atoms with van der Waals surface area (Å²) in [7, 11) is 0. The van der Waals surface area contributed by atoms with Crippen LogP contribution in [0.1, 0.15) is 47.0 Å². The van der Waals surface area contributed by atoms with Gasteiger partial charge in [-0.1, -0.05) is 0 Å². The lowest BCUT2D eigenvalue weighted by molar-refractivity contribution is -0.135. The summed E-state index contributed by atoms with van der Waals surface area (Å²) in [5.41, 5.74) is 0.484. The van der Waals surface area contributed by atoms with Crippen molar-refractivity contribution >= 4 is 11.9 Å². The Morgan fingerprint density at radius 3 is 1.94 bits per heavy atom. The van der Waals surface area contributed by atoms with Crippen LogP contribution in [0.2, 0.25) is 0 Å². The maximum absolute atomic E-state index is 12.3. The number of aliphatic carboxylic acids is 1. The molecule has 1 fully saturated rings. The topological polar surface area (TPSA) is 57.6 Å². The van der Waals surface area contributed by atoms with Crippen LogP contribution in [0, 0.1) is 0 Å². The quantitative estimate of drug-likeness (QED) is 0.751. The monoisotopic (exact) mass is 239 g/mol. The van der Waals surface area contributed by atoms with Crippen LogP contribution in [0.15, 0.2) is 11.1 Å². The molecule has 96 valence electrons. The van der Waals surface area contributed by atoms with E-state index in [0.717, 1.165) is 19.3 Å². The van der Waals surface area contributed by atoms with Gasteiger partial charge in [0.2, 0.25) is 0 Å². The number of rotatable bonds is 2. The number of carbonyl (C=O) groups excluding carboxylic acids is 1. The van der Waals surface area contributed by atoms with Crippen LogP contribution in [0.25, 0.3) is 0 Å². The molecule has 2 atom stereocenters. The normalized spacial score (nSPS) is 26.5. The minimum Gasteiger partial charge on any atom is -0.478 e. The summed E-state index contributed by atoms with van der Waals surface area (Å²) < 4.78 is 0. The minimum atomic E-state index is -1.02. The summed E-state index contributed by atoms with van der Waals surface area (Å²) in [6, 6.07) is 0.394. The molecule has 1 aliphatic heterocycles. The lowest BCUT2D eigenvalue weighted by atomic mass is 9.96. The Bertz CT molecular complexity index is 350. The second-order valence-electron chi connectivity index (χ2n) is 4.90. The third kappa shape index (κ3) is 2.87. The number of carboxylic acid groups (broad SMARTS) is 1. The lowest BCUT2D eigenvalue weighted by Crippen LogP contribution is -2.48. The van der Waals surface area contributed by atoms with E-state index in [0.29, 0.717) is 5.57 Å². The molecule has 4 heteroatoms. The zero-order chi connectivity index (χ0) is 13.2. The number of likely N-dealkylation sites (tertiary alicyclic amines) is 1. The molecule has 0 aromatic heterocycles. The van der Waals surface area contributed by atoms with Crippen molar-refractivity contribution in [3.63, 3.8) is 0 Å². The predicted octanol–water partition coefficient (Wildman–Crippen LogP) is 2.20. The van der Waals surface area contributed by atoms with Crippen molar-refractivity contribution in [1.82, 2.24) is 4.90 Å². The first-order valence-corrected chi connectivity index (χ1v) is 6.09. The molecule has 1 N–H and O–H groups in total. The molecular formula is C13H21NO3. The zero-order valence-corrected chi connectivity index (χ0v) is 11.0. The summed E-state index contributed by atoms with van der Waals surface area (Å²) in [6.07, 6.45) is 3.12. The molecule has 0 spiro atoms. The van der Waals surface area contributed by atoms with Crippen LogP contribution in [0.3, 0.4) is 0 Å². The fourth-order valence-electron chi connectivity index (χ4n) is 2.34. The van der Waals surface area contributed by atoms with Crippen molar-refractivity contribution in [2.24, 2.45) is 0 Å². The van der Waals surface area contributed by atoms with E-state index in [1.807, 2.05) is 18.7 Å². The molecule has 17 heavy (non-hydrogen) atoms. The van der Waals surface area contributed by atoms with Gasteiger partial charge in [-0.2, -0.15) is 0 Å². The minimum absolute atomic E-state index is 0.135. The first-order chi connectivity index (χ1) is 7.86. The molecule has 0 aliphatic carbocycles. The highest BCUT2D eigenvalue weighted by Crippen LogP contribution is 2.24. The summed E-state index contributed by atoms with van der Waals surface area (Å²) >= 11 is 0. The largest absolute Gasteiger partial charge is 0.478 e. The first-order valence-electron chi connectivity index (χ1n) is 6.09. The summed E-state index contributed by atoms with van der Waals surface area (Å²) in [6.45, 7) is 7.13. The fourth-order valence-corrected chi connectivity index (χ4v) is 2.34. The van der Waals surface area contributed by atoms with Crippen LogP contribution >= 0.6 is 0 Å². The molecule has 1 aliphatic rings. The van der Waals surface area contributed by atoms with E-state index < -0.39 is 5.97 Å². The highest BCUT2D eigenvalue weighted by atomic mass is 16.4. The average molecular weight is 239 g/mol. The van der Waals surface area contributed by atoms with Crippen LogP contribution in [-0.2, 0) is 9.59 Å². The van der Waals surface area contributed by atoms with E-state index >= 15 is 0 Å². The Kier molecular flexibility index (Phi) is 4.32. The van der Waals surface area contributed by atoms with Crippen molar-refractivity contribution < 1.29 is 14.7 Å².